The molecular formula is C16H26N4OS. The quantitative estimate of drug-likeness (QED) is 0.620. The summed E-state index contributed by atoms with van der Waals surface area (Å²) in [5, 5.41) is 3.76. The molecule has 1 aliphatic carbocycles. The minimum absolute atomic E-state index is 0.0220. The number of nitrogens with zero attached hydrogens (tertiary/aromatic N) is 2. The Balaban J connectivity index is 1.83. The second-order valence-corrected chi connectivity index (χ2v) is 6.97. The van der Waals surface area contributed by atoms with E-state index in [0.29, 0.717) is 23.4 Å². The molecule has 0 bridgehead atoms. The molecule has 0 saturated heterocycles. The predicted octanol–water partition coefficient (Wildman–Crippen LogP) is 2.21. The van der Waals surface area contributed by atoms with E-state index >= 15 is 0 Å². The molecule has 1 unspecified atom stereocenters. The van der Waals surface area contributed by atoms with E-state index in [1.807, 2.05) is 19.9 Å². The smallest absolute Gasteiger partial charge is 0.230 e. The summed E-state index contributed by atoms with van der Waals surface area (Å²) in [6, 6.07) is 2.03. The third-order valence-corrected chi connectivity index (χ3v) is 4.96. The maximum absolute atomic E-state index is 12.2. The van der Waals surface area contributed by atoms with Gasteiger partial charge in [-0.1, -0.05) is 31.0 Å². The van der Waals surface area contributed by atoms with Gasteiger partial charge in [-0.3, -0.25) is 4.79 Å². The van der Waals surface area contributed by atoms with Crippen LogP contribution >= 0.6 is 11.8 Å². The highest BCUT2D eigenvalue weighted by Crippen LogP contribution is 2.26. The van der Waals surface area contributed by atoms with Crippen molar-refractivity contribution in [3.05, 3.63) is 17.5 Å². The number of aromatic nitrogens is 2. The van der Waals surface area contributed by atoms with E-state index in [1.165, 1.54) is 43.9 Å². The van der Waals surface area contributed by atoms with Gasteiger partial charge in [0.05, 0.1) is 5.75 Å². The Labute approximate surface area is 136 Å². The summed E-state index contributed by atoms with van der Waals surface area (Å²) < 4.78 is 0. The van der Waals surface area contributed by atoms with Crippen molar-refractivity contribution >= 4 is 17.7 Å². The van der Waals surface area contributed by atoms with Crippen LogP contribution in [0.15, 0.2) is 11.2 Å². The summed E-state index contributed by atoms with van der Waals surface area (Å²) in [6.07, 6.45) is 6.16. The summed E-state index contributed by atoms with van der Waals surface area (Å²) >= 11 is 1.38. The van der Waals surface area contributed by atoms with Crippen LogP contribution in [-0.2, 0) is 4.79 Å². The van der Waals surface area contributed by atoms with Crippen LogP contribution in [0.4, 0.5) is 0 Å². The van der Waals surface area contributed by atoms with Gasteiger partial charge in [0.2, 0.25) is 5.91 Å². The highest BCUT2D eigenvalue weighted by molar-refractivity contribution is 7.99. The van der Waals surface area contributed by atoms with E-state index < -0.39 is 0 Å². The maximum atomic E-state index is 12.2. The number of nitrogens with two attached hydrogens (primary N) is 1. The van der Waals surface area contributed by atoms with Crippen LogP contribution in [0.5, 0.6) is 0 Å². The van der Waals surface area contributed by atoms with Crippen LogP contribution in [-0.4, -0.2) is 34.2 Å². The normalized spacial score (nSPS) is 17.2. The van der Waals surface area contributed by atoms with Crippen molar-refractivity contribution in [2.75, 3.05) is 12.3 Å². The van der Waals surface area contributed by atoms with Crippen molar-refractivity contribution in [2.45, 2.75) is 57.1 Å². The molecule has 1 fully saturated rings. The molecule has 22 heavy (non-hydrogen) atoms. The lowest BCUT2D eigenvalue weighted by Gasteiger charge is -2.30. The minimum atomic E-state index is 0.0220. The van der Waals surface area contributed by atoms with Crippen molar-refractivity contribution in [1.82, 2.24) is 15.3 Å². The summed E-state index contributed by atoms with van der Waals surface area (Å²) in [6.45, 7) is 4.39. The first-order chi connectivity index (χ1) is 10.6. The van der Waals surface area contributed by atoms with E-state index in [9.17, 15) is 4.79 Å². The van der Waals surface area contributed by atoms with Crippen LogP contribution in [0.25, 0.3) is 0 Å². The van der Waals surface area contributed by atoms with Gasteiger partial charge >= 0.3 is 0 Å². The minimum Gasteiger partial charge on any atom is -0.351 e. The summed E-state index contributed by atoms with van der Waals surface area (Å²) in [7, 11) is 0. The van der Waals surface area contributed by atoms with Crippen LogP contribution < -0.4 is 11.1 Å². The van der Waals surface area contributed by atoms with E-state index in [4.69, 9.17) is 5.73 Å². The first-order valence-corrected chi connectivity index (χ1v) is 9.01. The van der Waals surface area contributed by atoms with Gasteiger partial charge in [0.1, 0.15) is 0 Å². The first-order valence-electron chi connectivity index (χ1n) is 8.03. The topological polar surface area (TPSA) is 80.9 Å². The number of rotatable bonds is 6. The number of carbonyl (C=O) groups is 1. The highest BCUT2D eigenvalue weighted by Gasteiger charge is 2.23. The van der Waals surface area contributed by atoms with Crippen LogP contribution in [0.3, 0.4) is 0 Å². The molecule has 0 radical (unpaired) electrons. The number of carbonyl (C=O) groups excluding carboxylic acids is 1. The van der Waals surface area contributed by atoms with E-state index in [1.54, 1.807) is 0 Å². The zero-order valence-electron chi connectivity index (χ0n) is 13.5. The third-order valence-electron chi connectivity index (χ3n) is 4.11. The lowest BCUT2D eigenvalue weighted by atomic mass is 9.84. The fourth-order valence-corrected chi connectivity index (χ4v) is 3.80. The Morgan fingerprint density at radius 2 is 1.95 bits per heavy atom. The number of nitrogens with one attached hydrogen (secondary N) is 1. The second kappa shape index (κ2) is 8.48. The van der Waals surface area contributed by atoms with Crippen molar-refractivity contribution < 1.29 is 4.79 Å². The number of hydrogen-bond donors (Lipinski definition) is 2. The van der Waals surface area contributed by atoms with E-state index in [0.717, 1.165) is 11.4 Å². The molecule has 1 aliphatic rings. The average Bonchev–Trinajstić information content (AvgIpc) is 2.50. The Bertz CT molecular complexity index is 483. The molecule has 3 N–H and O–H groups in total. The Kier molecular flexibility index (Phi) is 6.64. The van der Waals surface area contributed by atoms with Gasteiger partial charge in [-0.25, -0.2) is 9.97 Å². The van der Waals surface area contributed by atoms with Gasteiger partial charge in [0.25, 0.3) is 0 Å². The van der Waals surface area contributed by atoms with Gasteiger partial charge in [-0.2, -0.15) is 0 Å². The van der Waals surface area contributed by atoms with Crippen LogP contribution in [0.2, 0.25) is 0 Å². The highest BCUT2D eigenvalue weighted by atomic mass is 32.2. The van der Waals surface area contributed by atoms with Gasteiger partial charge in [-0.05, 0) is 38.7 Å². The molecule has 0 aliphatic heterocycles. The van der Waals surface area contributed by atoms with E-state index in [-0.39, 0.29) is 11.9 Å². The Hall–Kier alpha value is -1.14. The van der Waals surface area contributed by atoms with E-state index in [2.05, 4.69) is 15.3 Å². The molecule has 0 spiro atoms. The lowest BCUT2D eigenvalue weighted by Crippen LogP contribution is -2.46. The standard InChI is InChI=1S/C16H26N4OS/c1-11-8-12(2)19-16(18-11)22-10-15(21)20-14(9-17)13-6-4-3-5-7-13/h8,13-14H,3-7,9-10,17H2,1-2H3,(H,20,21). The third kappa shape index (κ3) is 5.25. The molecule has 1 atom stereocenters. The predicted molar refractivity (Wildman–Crippen MR) is 89.8 cm³/mol. The molecule has 1 aromatic heterocycles. The van der Waals surface area contributed by atoms with Crippen LogP contribution in [0.1, 0.15) is 43.5 Å². The number of hydrogen-bond acceptors (Lipinski definition) is 5. The summed E-state index contributed by atoms with van der Waals surface area (Å²) in [5.74, 6) is 0.894. The number of amides is 1. The second-order valence-electron chi connectivity index (χ2n) is 6.03. The van der Waals surface area contributed by atoms with Gasteiger partial charge in [0.15, 0.2) is 5.16 Å². The van der Waals surface area contributed by atoms with Crippen LogP contribution in [0, 0.1) is 19.8 Å². The molecule has 1 aromatic rings. The SMILES string of the molecule is Cc1cc(C)nc(SCC(=O)NC(CN)C2CCCCC2)n1. The number of thioether (sulfide) groups is 1. The Morgan fingerprint density at radius 1 is 1.32 bits per heavy atom. The fraction of sp³-hybridized carbons (Fsp3) is 0.688. The monoisotopic (exact) mass is 322 g/mol. The first kappa shape index (κ1) is 17.2. The van der Waals surface area contributed by atoms with Gasteiger partial charge in [-0.15, -0.1) is 0 Å². The van der Waals surface area contributed by atoms with Crippen molar-refractivity contribution in [2.24, 2.45) is 11.7 Å². The molecule has 5 nitrogen and oxygen atoms in total. The largest absolute Gasteiger partial charge is 0.351 e. The Morgan fingerprint density at radius 3 is 2.55 bits per heavy atom. The maximum Gasteiger partial charge on any atom is 0.230 e. The number of aryl methyl sites for hydroxylation is 2. The van der Waals surface area contributed by atoms with Crippen molar-refractivity contribution in [1.29, 1.82) is 0 Å². The molecule has 1 saturated carbocycles. The zero-order chi connectivity index (χ0) is 15.9. The molecule has 1 heterocycles. The van der Waals surface area contributed by atoms with Crippen molar-refractivity contribution in [3.8, 4) is 0 Å². The molecule has 6 heteroatoms. The summed E-state index contributed by atoms with van der Waals surface area (Å²) in [4.78, 5) is 20.8. The fourth-order valence-electron chi connectivity index (χ4n) is 3.04. The van der Waals surface area contributed by atoms with Gasteiger partial charge < -0.3 is 11.1 Å². The molecule has 1 amide bonds. The lowest BCUT2D eigenvalue weighted by molar-refractivity contribution is -0.119. The molecule has 2 rings (SSSR count). The zero-order valence-corrected chi connectivity index (χ0v) is 14.3. The molecule has 122 valence electrons. The van der Waals surface area contributed by atoms with Crippen molar-refractivity contribution in [3.63, 3.8) is 0 Å². The summed E-state index contributed by atoms with van der Waals surface area (Å²) in [5.41, 5.74) is 7.71. The molecular weight excluding hydrogens is 296 g/mol. The average molecular weight is 322 g/mol. The van der Waals surface area contributed by atoms with Gasteiger partial charge in [0, 0.05) is 24.0 Å². The molecule has 0 aromatic carbocycles.